The van der Waals surface area contributed by atoms with E-state index in [0.717, 1.165) is 31.2 Å². The Hall–Kier alpha value is -1.97. The summed E-state index contributed by atoms with van der Waals surface area (Å²) in [4.78, 5) is 24.4. The molecule has 0 radical (unpaired) electrons. The minimum atomic E-state index is -0.315. The number of benzene rings is 1. The van der Waals surface area contributed by atoms with Gasteiger partial charge in [-0.15, -0.1) is 0 Å². The van der Waals surface area contributed by atoms with E-state index in [0.29, 0.717) is 15.6 Å². The number of carbonyl (C=O) groups excluding carboxylic acids is 2. The summed E-state index contributed by atoms with van der Waals surface area (Å²) in [6.07, 6.45) is 5.80. The third-order valence-electron chi connectivity index (χ3n) is 4.95. The number of nitrogens with one attached hydrogen (secondary N) is 2. The number of amides is 2. The lowest BCUT2D eigenvalue weighted by Crippen LogP contribution is -2.38. The van der Waals surface area contributed by atoms with Gasteiger partial charge in [0.05, 0.1) is 22.4 Å². The van der Waals surface area contributed by atoms with Gasteiger partial charge in [-0.25, -0.2) is 0 Å². The number of allylic oxidation sites excluding steroid dienone is 1. The van der Waals surface area contributed by atoms with Crippen molar-refractivity contribution in [2.75, 3.05) is 5.75 Å². The van der Waals surface area contributed by atoms with Crippen LogP contribution in [0.2, 0.25) is 5.02 Å². The maximum Gasteiger partial charge on any atom is 0.230 e. The van der Waals surface area contributed by atoms with Gasteiger partial charge in [0.1, 0.15) is 0 Å². The molecule has 3 rings (SSSR count). The second-order valence-electron chi connectivity index (χ2n) is 6.90. The fourth-order valence-electron chi connectivity index (χ4n) is 3.57. The maximum absolute atomic E-state index is 12.3. The van der Waals surface area contributed by atoms with Crippen LogP contribution in [0.5, 0.6) is 0 Å². The Balaban J connectivity index is 1.69. The van der Waals surface area contributed by atoms with Gasteiger partial charge in [-0.1, -0.05) is 54.8 Å². The average molecular weight is 404 g/mol. The largest absolute Gasteiger partial charge is 0.353 e. The molecule has 0 spiro atoms. The Morgan fingerprint density at radius 2 is 1.96 bits per heavy atom. The third kappa shape index (κ3) is 5.27. The number of hydrogen-bond donors (Lipinski definition) is 2. The Morgan fingerprint density at radius 1 is 1.26 bits per heavy atom. The van der Waals surface area contributed by atoms with Crippen molar-refractivity contribution in [3.05, 3.63) is 45.5 Å². The molecule has 142 valence electrons. The molecule has 1 aromatic rings. The van der Waals surface area contributed by atoms with E-state index in [1.54, 1.807) is 12.1 Å². The van der Waals surface area contributed by atoms with Crippen LogP contribution in [0.4, 0.5) is 0 Å². The van der Waals surface area contributed by atoms with Crippen molar-refractivity contribution in [3.8, 4) is 6.07 Å². The third-order valence-corrected chi connectivity index (χ3v) is 6.22. The first-order valence-electron chi connectivity index (χ1n) is 9.18. The normalized spacial score (nSPS) is 20.7. The fraction of sp³-hybridized carbons (Fsp3) is 0.450. The van der Waals surface area contributed by atoms with Crippen LogP contribution in [-0.4, -0.2) is 23.6 Å². The number of halogens is 1. The monoisotopic (exact) mass is 403 g/mol. The minimum absolute atomic E-state index is 0.0560. The van der Waals surface area contributed by atoms with Gasteiger partial charge in [0.25, 0.3) is 0 Å². The summed E-state index contributed by atoms with van der Waals surface area (Å²) in [7, 11) is 0. The summed E-state index contributed by atoms with van der Waals surface area (Å²) >= 11 is 7.16. The molecule has 1 atom stereocenters. The Kier molecular flexibility index (Phi) is 6.81. The standard InChI is InChI=1S/C20H22ClN3O2S/c21-14-8-6-13(7-9-14)16-10-18(25)24-20(17(16)11-22)27-12-19(26)23-15-4-2-1-3-5-15/h6-9,15-16H,1-5,10,12H2,(H,23,26)(H,24,25)/t16-/m0/s1. The summed E-state index contributed by atoms with van der Waals surface area (Å²) in [6, 6.07) is 9.65. The Labute approximate surface area is 168 Å². The minimum Gasteiger partial charge on any atom is -0.353 e. The Morgan fingerprint density at radius 3 is 2.63 bits per heavy atom. The molecule has 1 aromatic carbocycles. The number of nitrogens with zero attached hydrogens (tertiary/aromatic N) is 1. The van der Waals surface area contributed by atoms with Crippen molar-refractivity contribution in [1.29, 1.82) is 5.26 Å². The van der Waals surface area contributed by atoms with Crippen LogP contribution >= 0.6 is 23.4 Å². The van der Waals surface area contributed by atoms with E-state index in [-0.39, 0.29) is 35.9 Å². The maximum atomic E-state index is 12.3. The van der Waals surface area contributed by atoms with E-state index in [4.69, 9.17) is 11.6 Å². The van der Waals surface area contributed by atoms with Crippen molar-refractivity contribution < 1.29 is 9.59 Å². The topological polar surface area (TPSA) is 82.0 Å². The molecule has 2 aliphatic rings. The highest BCUT2D eigenvalue weighted by Gasteiger charge is 2.30. The molecule has 1 fully saturated rings. The van der Waals surface area contributed by atoms with E-state index in [1.165, 1.54) is 18.2 Å². The van der Waals surface area contributed by atoms with Crippen LogP contribution in [0.3, 0.4) is 0 Å². The van der Waals surface area contributed by atoms with Gasteiger partial charge in [-0.2, -0.15) is 5.26 Å². The lowest BCUT2D eigenvalue weighted by molar-refractivity contribution is -0.121. The molecule has 1 aliphatic carbocycles. The van der Waals surface area contributed by atoms with Gasteiger partial charge >= 0.3 is 0 Å². The molecule has 0 bridgehead atoms. The zero-order chi connectivity index (χ0) is 19.2. The molecular weight excluding hydrogens is 382 g/mol. The smallest absolute Gasteiger partial charge is 0.230 e. The van der Waals surface area contributed by atoms with Gasteiger partial charge in [0.15, 0.2) is 0 Å². The number of hydrogen-bond acceptors (Lipinski definition) is 4. The molecule has 7 heteroatoms. The summed E-state index contributed by atoms with van der Waals surface area (Å²) < 4.78 is 0. The SMILES string of the molecule is N#CC1=C(SCC(=O)NC2CCCCC2)NC(=O)C[C@H]1c1ccc(Cl)cc1. The first kappa shape index (κ1) is 19.8. The summed E-state index contributed by atoms with van der Waals surface area (Å²) in [6.45, 7) is 0. The lowest BCUT2D eigenvalue weighted by Gasteiger charge is -2.26. The number of thioether (sulfide) groups is 1. The molecule has 0 unspecified atom stereocenters. The van der Waals surface area contributed by atoms with Gasteiger partial charge in [-0.3, -0.25) is 9.59 Å². The molecule has 2 amide bonds. The molecular formula is C20H22ClN3O2S. The second kappa shape index (κ2) is 9.29. The number of rotatable bonds is 5. The van der Waals surface area contributed by atoms with Crippen molar-refractivity contribution >= 4 is 35.2 Å². The van der Waals surface area contributed by atoms with E-state index in [9.17, 15) is 14.9 Å². The zero-order valence-electron chi connectivity index (χ0n) is 15.0. The molecule has 0 saturated heterocycles. The first-order chi connectivity index (χ1) is 13.1. The summed E-state index contributed by atoms with van der Waals surface area (Å²) in [5.74, 6) is -0.335. The highest BCUT2D eigenvalue weighted by molar-refractivity contribution is 8.03. The molecule has 1 aliphatic heterocycles. The van der Waals surface area contributed by atoms with Crippen LogP contribution in [0.15, 0.2) is 34.9 Å². The number of nitriles is 1. The molecule has 1 saturated carbocycles. The van der Waals surface area contributed by atoms with Crippen molar-refractivity contribution in [3.63, 3.8) is 0 Å². The first-order valence-corrected chi connectivity index (χ1v) is 10.5. The molecule has 2 N–H and O–H groups in total. The quantitative estimate of drug-likeness (QED) is 0.782. The summed E-state index contributed by atoms with van der Waals surface area (Å²) in [5, 5.41) is 16.6. The summed E-state index contributed by atoms with van der Waals surface area (Å²) in [5.41, 5.74) is 1.36. The number of carbonyl (C=O) groups is 2. The highest BCUT2D eigenvalue weighted by Crippen LogP contribution is 2.36. The predicted octanol–water partition coefficient (Wildman–Crippen LogP) is 3.86. The van der Waals surface area contributed by atoms with Gasteiger partial charge in [-0.05, 0) is 30.5 Å². The molecule has 1 heterocycles. The molecule has 0 aromatic heterocycles. The van der Waals surface area contributed by atoms with E-state index in [2.05, 4.69) is 16.7 Å². The van der Waals surface area contributed by atoms with Crippen LogP contribution in [0.1, 0.15) is 50.0 Å². The average Bonchev–Trinajstić information content (AvgIpc) is 2.67. The van der Waals surface area contributed by atoms with Crippen molar-refractivity contribution in [1.82, 2.24) is 10.6 Å². The van der Waals surface area contributed by atoms with E-state index in [1.807, 2.05) is 12.1 Å². The van der Waals surface area contributed by atoms with Crippen LogP contribution < -0.4 is 10.6 Å². The van der Waals surface area contributed by atoms with E-state index >= 15 is 0 Å². The van der Waals surface area contributed by atoms with Gasteiger partial charge < -0.3 is 10.6 Å². The van der Waals surface area contributed by atoms with Crippen LogP contribution in [0, 0.1) is 11.3 Å². The lowest BCUT2D eigenvalue weighted by atomic mass is 9.87. The van der Waals surface area contributed by atoms with E-state index < -0.39 is 0 Å². The van der Waals surface area contributed by atoms with Crippen LogP contribution in [0.25, 0.3) is 0 Å². The fourth-order valence-corrected chi connectivity index (χ4v) is 4.58. The predicted molar refractivity (Wildman–Crippen MR) is 107 cm³/mol. The van der Waals surface area contributed by atoms with Crippen molar-refractivity contribution in [2.24, 2.45) is 0 Å². The van der Waals surface area contributed by atoms with Crippen LogP contribution in [-0.2, 0) is 9.59 Å². The zero-order valence-corrected chi connectivity index (χ0v) is 16.5. The van der Waals surface area contributed by atoms with Crippen molar-refractivity contribution in [2.45, 2.75) is 50.5 Å². The molecule has 5 nitrogen and oxygen atoms in total. The van der Waals surface area contributed by atoms with Gasteiger partial charge in [0, 0.05) is 23.4 Å². The Bertz CT molecular complexity index is 779. The second-order valence-corrected chi connectivity index (χ2v) is 8.32. The molecule has 27 heavy (non-hydrogen) atoms. The highest BCUT2D eigenvalue weighted by atomic mass is 35.5. The van der Waals surface area contributed by atoms with Gasteiger partial charge in [0.2, 0.25) is 11.8 Å².